The molecule has 1 saturated heterocycles. The van der Waals surface area contributed by atoms with Gasteiger partial charge in [-0.2, -0.15) is 10.2 Å². The molecule has 2 aromatic rings. The molecule has 1 aromatic carbocycles. The molecular formula is C17H18N4O4. The average Bonchev–Trinajstić information content (AvgIpc) is 3.17. The molecule has 1 aromatic heterocycles. The van der Waals surface area contributed by atoms with Crippen molar-refractivity contribution in [1.29, 1.82) is 0 Å². The molecule has 3 heterocycles. The van der Waals surface area contributed by atoms with Crippen molar-refractivity contribution < 1.29 is 19.5 Å². The molecule has 8 heteroatoms. The topological polar surface area (TPSA) is 87.9 Å². The fourth-order valence-electron chi connectivity index (χ4n) is 3.57. The second-order valence-electron chi connectivity index (χ2n) is 6.16. The number of benzene rings is 1. The largest absolute Gasteiger partial charge is 0.467 e. The number of hydroxylamine groups is 2. The van der Waals surface area contributed by atoms with E-state index in [1.807, 2.05) is 30.3 Å². The maximum absolute atomic E-state index is 12.3. The molecule has 2 aliphatic rings. The van der Waals surface area contributed by atoms with E-state index < -0.39 is 24.1 Å². The van der Waals surface area contributed by atoms with Crippen LogP contribution >= 0.6 is 0 Å². The number of ether oxygens (including phenoxy) is 1. The quantitative estimate of drug-likeness (QED) is 0.672. The zero-order valence-electron chi connectivity index (χ0n) is 13.7. The zero-order chi connectivity index (χ0) is 17.6. The molecule has 1 fully saturated rings. The highest BCUT2D eigenvalue weighted by Gasteiger charge is 2.52. The van der Waals surface area contributed by atoms with Crippen molar-refractivity contribution in [2.75, 3.05) is 13.7 Å². The molecule has 0 spiro atoms. The number of urea groups is 1. The number of aryl methyl sites for hydroxylation is 2. The van der Waals surface area contributed by atoms with E-state index in [2.05, 4.69) is 5.10 Å². The van der Waals surface area contributed by atoms with Gasteiger partial charge in [-0.25, -0.2) is 9.59 Å². The van der Waals surface area contributed by atoms with Gasteiger partial charge in [-0.15, -0.1) is 0 Å². The number of esters is 1. The average molecular weight is 342 g/mol. The van der Waals surface area contributed by atoms with E-state index in [1.165, 1.54) is 12.0 Å². The second kappa shape index (κ2) is 5.89. The van der Waals surface area contributed by atoms with Crippen LogP contribution in [0, 0.1) is 0 Å². The standard InChI is InChI=1S/C17H18N4O4/c1-25-16(22)15-14-12(13-10-19(15)17(23)21(13)24)9-18-20(14)8-7-11-5-3-2-4-6-11/h2-6,9,13,15,24H,7-8,10H2,1H3. The Kier molecular flexibility index (Phi) is 3.69. The van der Waals surface area contributed by atoms with Crippen LogP contribution in [0.2, 0.25) is 0 Å². The van der Waals surface area contributed by atoms with Crippen LogP contribution in [0.4, 0.5) is 4.79 Å². The molecule has 2 unspecified atom stereocenters. The van der Waals surface area contributed by atoms with E-state index in [9.17, 15) is 14.8 Å². The minimum Gasteiger partial charge on any atom is -0.467 e. The van der Waals surface area contributed by atoms with Crippen molar-refractivity contribution in [3.63, 3.8) is 0 Å². The Hall–Kier alpha value is -2.87. The van der Waals surface area contributed by atoms with Crippen LogP contribution in [-0.4, -0.2) is 50.6 Å². The van der Waals surface area contributed by atoms with Gasteiger partial charge in [0.25, 0.3) is 0 Å². The predicted octanol–water partition coefficient (Wildman–Crippen LogP) is 1.52. The second-order valence-corrected chi connectivity index (χ2v) is 6.16. The smallest absolute Gasteiger partial charge is 0.345 e. The van der Waals surface area contributed by atoms with Gasteiger partial charge in [-0.05, 0) is 12.0 Å². The Balaban J connectivity index is 1.70. The van der Waals surface area contributed by atoms with Gasteiger partial charge in [0.2, 0.25) is 0 Å². The van der Waals surface area contributed by atoms with Crippen molar-refractivity contribution >= 4 is 12.0 Å². The Bertz CT molecular complexity index is 819. The molecule has 8 nitrogen and oxygen atoms in total. The van der Waals surface area contributed by atoms with E-state index in [0.29, 0.717) is 22.9 Å². The summed E-state index contributed by atoms with van der Waals surface area (Å²) >= 11 is 0. The summed E-state index contributed by atoms with van der Waals surface area (Å²) in [6.07, 6.45) is 2.37. The highest BCUT2D eigenvalue weighted by Crippen LogP contribution is 2.43. The summed E-state index contributed by atoms with van der Waals surface area (Å²) in [6.45, 7) is 0.805. The van der Waals surface area contributed by atoms with Gasteiger partial charge in [0.05, 0.1) is 25.5 Å². The first-order chi connectivity index (χ1) is 12.1. The van der Waals surface area contributed by atoms with Gasteiger partial charge in [-0.1, -0.05) is 30.3 Å². The van der Waals surface area contributed by atoms with Crippen LogP contribution in [-0.2, 0) is 22.5 Å². The number of fused-ring (bicyclic) bond motifs is 4. The fraction of sp³-hybridized carbons (Fsp3) is 0.353. The van der Waals surface area contributed by atoms with Gasteiger partial charge in [0.15, 0.2) is 6.04 Å². The lowest BCUT2D eigenvalue weighted by molar-refractivity contribution is -0.146. The first-order valence-corrected chi connectivity index (χ1v) is 8.08. The molecule has 2 aliphatic heterocycles. The van der Waals surface area contributed by atoms with Crippen molar-refractivity contribution in [1.82, 2.24) is 19.7 Å². The monoisotopic (exact) mass is 342 g/mol. The molecule has 0 saturated carbocycles. The first-order valence-electron chi connectivity index (χ1n) is 8.08. The summed E-state index contributed by atoms with van der Waals surface area (Å²) in [5.74, 6) is -0.537. The summed E-state index contributed by atoms with van der Waals surface area (Å²) < 4.78 is 6.63. The van der Waals surface area contributed by atoms with Crippen molar-refractivity contribution in [2.24, 2.45) is 0 Å². The first kappa shape index (κ1) is 15.6. The van der Waals surface area contributed by atoms with E-state index in [0.717, 1.165) is 12.0 Å². The number of carbonyl (C=O) groups excluding carboxylic acids is 2. The van der Waals surface area contributed by atoms with E-state index in [1.54, 1.807) is 10.9 Å². The number of carbonyl (C=O) groups is 2. The molecular weight excluding hydrogens is 324 g/mol. The highest BCUT2D eigenvalue weighted by atomic mass is 16.5. The minimum absolute atomic E-state index is 0.243. The lowest BCUT2D eigenvalue weighted by atomic mass is 9.98. The molecule has 4 rings (SSSR count). The number of hydrogen-bond acceptors (Lipinski definition) is 5. The summed E-state index contributed by atoms with van der Waals surface area (Å²) in [5.41, 5.74) is 2.46. The number of hydrogen-bond donors (Lipinski definition) is 1. The van der Waals surface area contributed by atoms with Crippen LogP contribution < -0.4 is 0 Å². The van der Waals surface area contributed by atoms with Gasteiger partial charge >= 0.3 is 12.0 Å². The SMILES string of the molecule is COC(=O)C1c2c(cnn2CCc2ccccc2)C2CN1C(=O)N2O. The maximum Gasteiger partial charge on any atom is 0.345 e. The molecule has 0 aliphatic carbocycles. The van der Waals surface area contributed by atoms with Gasteiger partial charge in [-0.3, -0.25) is 9.89 Å². The third-order valence-electron chi connectivity index (χ3n) is 4.83. The van der Waals surface area contributed by atoms with Crippen molar-refractivity contribution in [3.05, 3.63) is 53.3 Å². The predicted molar refractivity (Wildman–Crippen MR) is 85.6 cm³/mol. The lowest BCUT2D eigenvalue weighted by Crippen LogP contribution is -2.40. The van der Waals surface area contributed by atoms with Crippen LogP contribution in [0.15, 0.2) is 36.5 Å². The third kappa shape index (κ3) is 2.37. The Morgan fingerprint density at radius 1 is 1.36 bits per heavy atom. The van der Waals surface area contributed by atoms with E-state index in [4.69, 9.17) is 4.74 Å². The van der Waals surface area contributed by atoms with Crippen LogP contribution in [0.1, 0.15) is 28.9 Å². The zero-order valence-corrected chi connectivity index (χ0v) is 13.7. The summed E-state index contributed by atoms with van der Waals surface area (Å²) in [7, 11) is 1.29. The minimum atomic E-state index is -0.890. The molecule has 130 valence electrons. The van der Waals surface area contributed by atoms with Crippen LogP contribution in [0.5, 0.6) is 0 Å². The van der Waals surface area contributed by atoms with E-state index >= 15 is 0 Å². The van der Waals surface area contributed by atoms with Crippen molar-refractivity contribution in [3.8, 4) is 0 Å². The molecule has 2 bridgehead atoms. The molecule has 1 N–H and O–H groups in total. The molecule has 0 radical (unpaired) electrons. The maximum atomic E-state index is 12.3. The van der Waals surface area contributed by atoms with Crippen molar-refractivity contribution in [2.45, 2.75) is 25.0 Å². The number of amides is 2. The Labute approximate surface area is 144 Å². The van der Waals surface area contributed by atoms with E-state index in [-0.39, 0.29) is 6.54 Å². The third-order valence-corrected chi connectivity index (χ3v) is 4.83. The Morgan fingerprint density at radius 2 is 2.12 bits per heavy atom. The number of aromatic nitrogens is 2. The summed E-state index contributed by atoms with van der Waals surface area (Å²) in [5, 5.41) is 15.1. The van der Waals surface area contributed by atoms with Crippen LogP contribution in [0.3, 0.4) is 0 Å². The normalized spacial score (nSPS) is 21.4. The highest BCUT2D eigenvalue weighted by molar-refractivity contribution is 5.87. The van der Waals surface area contributed by atoms with Gasteiger partial charge < -0.3 is 9.64 Å². The summed E-state index contributed by atoms with van der Waals surface area (Å²) in [6, 6.07) is 7.97. The molecule has 2 atom stereocenters. The molecule has 25 heavy (non-hydrogen) atoms. The lowest BCUT2D eigenvalue weighted by Gasteiger charge is -2.29. The molecule has 2 amide bonds. The fourth-order valence-corrected chi connectivity index (χ4v) is 3.57. The van der Waals surface area contributed by atoms with Crippen LogP contribution in [0.25, 0.3) is 0 Å². The van der Waals surface area contributed by atoms with Gasteiger partial charge in [0, 0.05) is 12.1 Å². The van der Waals surface area contributed by atoms with Gasteiger partial charge in [0.1, 0.15) is 6.04 Å². The summed E-state index contributed by atoms with van der Waals surface area (Å²) in [4.78, 5) is 25.9. The number of rotatable bonds is 4. The Morgan fingerprint density at radius 3 is 2.84 bits per heavy atom. The number of nitrogens with zero attached hydrogens (tertiary/aromatic N) is 4. The number of methoxy groups -OCH3 is 1.